The largest absolute Gasteiger partial charge is 0.480 e. The summed E-state index contributed by atoms with van der Waals surface area (Å²) in [5.41, 5.74) is -0.0349. The Labute approximate surface area is 129 Å². The van der Waals surface area contributed by atoms with Crippen LogP contribution < -0.4 is 5.32 Å². The summed E-state index contributed by atoms with van der Waals surface area (Å²) >= 11 is 1.55. The lowest BCUT2D eigenvalue weighted by molar-refractivity contribution is -0.139. The number of aliphatic carboxylic acids is 1. The van der Waals surface area contributed by atoms with E-state index in [4.69, 9.17) is 10.4 Å². The summed E-state index contributed by atoms with van der Waals surface area (Å²) in [4.78, 5) is 24.9. The third-order valence-electron chi connectivity index (χ3n) is 3.33. The second-order valence-corrected chi connectivity index (χ2v) is 5.85. The molecule has 1 rings (SSSR count). The lowest BCUT2D eigenvalue weighted by Gasteiger charge is -2.26. The standard InChI is InChI=1S/C14H21N3O3S/c1-21-8-5-12(14(19)20)16-10-11(9-15)13(18)17-6-3-2-4-7-17/h10,12,16H,2-8H2,1H3,(H,19,20)/b11-10-. The van der Waals surface area contributed by atoms with Crippen molar-refractivity contribution >= 4 is 23.6 Å². The van der Waals surface area contributed by atoms with Crippen LogP contribution in [-0.2, 0) is 9.59 Å². The fourth-order valence-corrected chi connectivity index (χ4v) is 2.58. The number of nitrogens with one attached hydrogen (secondary N) is 1. The summed E-state index contributed by atoms with van der Waals surface area (Å²) in [7, 11) is 0. The second-order valence-electron chi connectivity index (χ2n) is 4.86. The molecule has 0 aromatic carbocycles. The normalized spacial score (nSPS) is 17.0. The number of hydrogen-bond donors (Lipinski definition) is 2. The van der Waals surface area contributed by atoms with E-state index in [-0.39, 0.29) is 11.5 Å². The Hall–Kier alpha value is -1.68. The van der Waals surface area contributed by atoms with Gasteiger partial charge in [-0.3, -0.25) is 4.79 Å². The summed E-state index contributed by atoms with van der Waals surface area (Å²) in [5.74, 6) is -0.610. The molecule has 0 aliphatic carbocycles. The maximum absolute atomic E-state index is 12.2. The van der Waals surface area contributed by atoms with Crippen molar-refractivity contribution in [3.63, 3.8) is 0 Å². The average molecular weight is 311 g/mol. The highest BCUT2D eigenvalue weighted by Gasteiger charge is 2.21. The number of piperidine rings is 1. The van der Waals surface area contributed by atoms with Crippen LogP contribution in [0.1, 0.15) is 25.7 Å². The van der Waals surface area contributed by atoms with Crippen LogP contribution >= 0.6 is 11.8 Å². The Balaban J connectivity index is 2.66. The van der Waals surface area contributed by atoms with E-state index in [2.05, 4.69) is 5.32 Å². The van der Waals surface area contributed by atoms with Crippen LogP contribution in [-0.4, -0.2) is 53.0 Å². The number of likely N-dealkylation sites (tertiary alicyclic amines) is 1. The molecule has 1 unspecified atom stereocenters. The van der Waals surface area contributed by atoms with Crippen molar-refractivity contribution in [2.24, 2.45) is 0 Å². The van der Waals surface area contributed by atoms with Gasteiger partial charge >= 0.3 is 5.97 Å². The molecular formula is C14H21N3O3S. The van der Waals surface area contributed by atoms with E-state index in [9.17, 15) is 9.59 Å². The second kappa shape index (κ2) is 9.29. The molecule has 0 bridgehead atoms. The third kappa shape index (κ3) is 5.68. The van der Waals surface area contributed by atoms with Crippen molar-refractivity contribution in [3.8, 4) is 6.07 Å². The van der Waals surface area contributed by atoms with Crippen LogP contribution in [0.4, 0.5) is 0 Å². The van der Waals surface area contributed by atoms with Gasteiger partial charge in [0, 0.05) is 19.3 Å². The number of hydrogen-bond acceptors (Lipinski definition) is 5. The molecule has 2 N–H and O–H groups in total. The van der Waals surface area contributed by atoms with Crippen LogP contribution in [0.15, 0.2) is 11.8 Å². The Morgan fingerprint density at radius 1 is 1.43 bits per heavy atom. The van der Waals surface area contributed by atoms with Gasteiger partial charge in [0.05, 0.1) is 0 Å². The van der Waals surface area contributed by atoms with Gasteiger partial charge in [-0.2, -0.15) is 17.0 Å². The van der Waals surface area contributed by atoms with Gasteiger partial charge in [0.25, 0.3) is 5.91 Å². The lowest BCUT2D eigenvalue weighted by atomic mass is 10.1. The van der Waals surface area contributed by atoms with E-state index >= 15 is 0 Å². The number of carbonyl (C=O) groups is 2. The first kappa shape index (κ1) is 17.4. The van der Waals surface area contributed by atoms with Gasteiger partial charge in [-0.1, -0.05) is 0 Å². The minimum Gasteiger partial charge on any atom is -0.480 e. The van der Waals surface area contributed by atoms with Crippen LogP contribution in [0.25, 0.3) is 0 Å². The quantitative estimate of drug-likeness (QED) is 0.542. The minimum absolute atomic E-state index is 0.0349. The van der Waals surface area contributed by atoms with E-state index in [1.165, 1.54) is 6.20 Å². The summed E-state index contributed by atoms with van der Waals surface area (Å²) in [6.45, 7) is 1.32. The number of nitriles is 1. The Morgan fingerprint density at radius 2 is 2.10 bits per heavy atom. The number of amides is 1. The molecule has 1 atom stereocenters. The molecule has 1 amide bonds. The van der Waals surface area contributed by atoms with Crippen LogP contribution in [0.2, 0.25) is 0 Å². The van der Waals surface area contributed by atoms with Crippen molar-refractivity contribution in [2.75, 3.05) is 25.1 Å². The maximum Gasteiger partial charge on any atom is 0.326 e. The summed E-state index contributed by atoms with van der Waals surface area (Å²) < 4.78 is 0. The highest BCUT2D eigenvalue weighted by Crippen LogP contribution is 2.12. The average Bonchev–Trinajstić information content (AvgIpc) is 2.51. The third-order valence-corrected chi connectivity index (χ3v) is 3.98. The van der Waals surface area contributed by atoms with E-state index in [0.29, 0.717) is 25.3 Å². The molecule has 0 spiro atoms. The summed E-state index contributed by atoms with van der Waals surface area (Å²) in [6.07, 6.45) is 6.57. The van der Waals surface area contributed by atoms with Gasteiger partial charge in [-0.05, 0) is 37.7 Å². The highest BCUT2D eigenvalue weighted by atomic mass is 32.2. The van der Waals surface area contributed by atoms with Crippen molar-refractivity contribution in [1.29, 1.82) is 5.26 Å². The van der Waals surface area contributed by atoms with Crippen molar-refractivity contribution in [2.45, 2.75) is 31.7 Å². The lowest BCUT2D eigenvalue weighted by Crippen LogP contribution is -2.38. The summed E-state index contributed by atoms with van der Waals surface area (Å²) in [6, 6.07) is 1.08. The first-order valence-corrected chi connectivity index (χ1v) is 8.37. The molecule has 21 heavy (non-hydrogen) atoms. The van der Waals surface area contributed by atoms with Gasteiger partial charge < -0.3 is 15.3 Å². The van der Waals surface area contributed by atoms with Crippen LogP contribution in [0.3, 0.4) is 0 Å². The number of thioether (sulfide) groups is 1. The smallest absolute Gasteiger partial charge is 0.326 e. The predicted molar refractivity (Wildman–Crippen MR) is 81.7 cm³/mol. The van der Waals surface area contributed by atoms with Crippen LogP contribution in [0, 0.1) is 11.3 Å². The number of rotatable bonds is 7. The number of nitrogens with zero attached hydrogens (tertiary/aromatic N) is 2. The fraction of sp³-hybridized carbons (Fsp3) is 0.643. The van der Waals surface area contributed by atoms with E-state index < -0.39 is 12.0 Å². The highest BCUT2D eigenvalue weighted by molar-refractivity contribution is 7.98. The van der Waals surface area contributed by atoms with Crippen LogP contribution in [0.5, 0.6) is 0 Å². The van der Waals surface area contributed by atoms with Crippen molar-refractivity contribution < 1.29 is 14.7 Å². The van der Waals surface area contributed by atoms with Gasteiger partial charge in [-0.15, -0.1) is 0 Å². The van der Waals surface area contributed by atoms with Gasteiger partial charge in [-0.25, -0.2) is 4.79 Å². The summed E-state index contributed by atoms with van der Waals surface area (Å²) in [5, 5.41) is 20.9. The Morgan fingerprint density at radius 3 is 2.62 bits per heavy atom. The van der Waals surface area contributed by atoms with E-state index in [0.717, 1.165) is 19.3 Å². The molecule has 0 saturated carbocycles. The molecule has 1 heterocycles. The first-order valence-electron chi connectivity index (χ1n) is 6.97. The zero-order valence-corrected chi connectivity index (χ0v) is 13.0. The molecule has 1 aliphatic rings. The minimum atomic E-state index is -0.983. The molecule has 6 nitrogen and oxygen atoms in total. The van der Waals surface area contributed by atoms with E-state index in [1.54, 1.807) is 16.7 Å². The van der Waals surface area contributed by atoms with Gasteiger partial charge in [0.15, 0.2) is 0 Å². The predicted octanol–water partition coefficient (Wildman–Crippen LogP) is 1.20. The van der Waals surface area contributed by atoms with Crippen molar-refractivity contribution in [3.05, 3.63) is 11.8 Å². The SMILES string of the molecule is CSCCC(N/C=C(/C#N)C(=O)N1CCCCC1)C(=O)O. The molecular weight excluding hydrogens is 290 g/mol. The number of carboxylic acids is 1. The molecule has 1 saturated heterocycles. The maximum atomic E-state index is 12.2. The Bertz CT molecular complexity index is 439. The topological polar surface area (TPSA) is 93.4 Å². The number of carbonyl (C=O) groups excluding carboxylic acids is 1. The Kier molecular flexibility index (Phi) is 7.69. The monoisotopic (exact) mass is 311 g/mol. The number of carboxylic acid groups (broad SMARTS) is 1. The molecule has 1 fully saturated rings. The van der Waals surface area contributed by atoms with Gasteiger partial charge in [0.1, 0.15) is 17.7 Å². The molecule has 0 aromatic heterocycles. The first-order chi connectivity index (χ1) is 10.1. The molecule has 1 aliphatic heterocycles. The molecule has 0 aromatic rings. The zero-order valence-electron chi connectivity index (χ0n) is 12.2. The fourth-order valence-electron chi connectivity index (χ4n) is 2.11. The zero-order chi connectivity index (χ0) is 15.7. The van der Waals surface area contributed by atoms with Gasteiger partial charge in [0.2, 0.25) is 0 Å². The van der Waals surface area contributed by atoms with Crippen molar-refractivity contribution in [1.82, 2.24) is 10.2 Å². The van der Waals surface area contributed by atoms with E-state index in [1.807, 2.05) is 12.3 Å². The molecule has 0 radical (unpaired) electrons. The molecule has 7 heteroatoms. The molecule has 116 valence electrons.